The topological polar surface area (TPSA) is 80.6 Å². The summed E-state index contributed by atoms with van der Waals surface area (Å²) in [5.74, 6) is -0.475. The van der Waals surface area contributed by atoms with Crippen LogP contribution < -0.4 is 4.72 Å². The van der Waals surface area contributed by atoms with Gasteiger partial charge in [0.2, 0.25) is 0 Å². The minimum atomic E-state index is -4.75. The van der Waals surface area contributed by atoms with Gasteiger partial charge in [-0.3, -0.25) is 9.52 Å². The number of sulfonamides is 1. The third-order valence-electron chi connectivity index (χ3n) is 5.23. The number of morpholine rings is 1. The Morgan fingerprint density at radius 2 is 1.77 bits per heavy atom. The fraction of sp³-hybridized carbons (Fsp3) is 0.421. The Labute approximate surface area is 182 Å². The average molecular weight is 480 g/mol. The number of amides is 1. The molecule has 1 N–H and O–H groups in total. The molecule has 1 saturated heterocycles. The highest BCUT2D eigenvalue weighted by molar-refractivity contribution is 7.92. The second kappa shape index (κ2) is 8.36. The summed E-state index contributed by atoms with van der Waals surface area (Å²) < 4.78 is 74.8. The number of ether oxygens (including phenoxy) is 1. The maximum Gasteiger partial charge on any atom is 0.417 e. The second-order valence-electron chi connectivity index (χ2n) is 7.14. The molecule has 0 atom stereocenters. The Hall–Kier alpha value is -2.24. The number of halogens is 4. The van der Waals surface area contributed by atoms with Crippen LogP contribution in [0.2, 0.25) is 5.02 Å². The third kappa shape index (κ3) is 4.53. The van der Waals surface area contributed by atoms with Gasteiger partial charge in [-0.1, -0.05) is 11.6 Å². The van der Waals surface area contributed by atoms with Gasteiger partial charge >= 0.3 is 6.18 Å². The molecule has 1 aliphatic heterocycles. The molecule has 0 bridgehead atoms. The number of alkyl halides is 3. The van der Waals surface area contributed by atoms with Crippen LogP contribution in [-0.2, 0) is 28.0 Å². The Kier molecular flexibility index (Phi) is 6.32. The van der Waals surface area contributed by atoms with Crippen LogP contribution in [0.1, 0.15) is 27.3 Å². The number of nitrogens with zero attached hydrogens (tertiary/aromatic N) is 2. The van der Waals surface area contributed by atoms with E-state index in [1.807, 2.05) is 0 Å². The number of benzene rings is 1. The van der Waals surface area contributed by atoms with Crippen molar-refractivity contribution in [2.75, 3.05) is 31.0 Å². The highest BCUT2D eigenvalue weighted by Gasteiger charge is 2.36. The van der Waals surface area contributed by atoms with E-state index in [0.717, 1.165) is 12.1 Å². The van der Waals surface area contributed by atoms with Crippen LogP contribution in [0.25, 0.3) is 0 Å². The summed E-state index contributed by atoms with van der Waals surface area (Å²) in [7, 11) is -2.78. The van der Waals surface area contributed by atoms with Gasteiger partial charge in [0.05, 0.1) is 29.4 Å². The number of hydrogen-bond donors (Lipinski definition) is 1. The van der Waals surface area contributed by atoms with Crippen LogP contribution >= 0.6 is 11.6 Å². The maximum atomic E-state index is 13.2. The lowest BCUT2D eigenvalue weighted by atomic mass is 10.2. The maximum absolute atomic E-state index is 13.2. The van der Waals surface area contributed by atoms with Crippen molar-refractivity contribution in [2.45, 2.75) is 24.9 Å². The number of rotatable bonds is 4. The Bertz CT molecular complexity index is 1120. The zero-order valence-electron chi connectivity index (χ0n) is 17.0. The van der Waals surface area contributed by atoms with Gasteiger partial charge in [0.1, 0.15) is 4.90 Å². The predicted molar refractivity (Wildman–Crippen MR) is 109 cm³/mol. The normalized spacial score (nSPS) is 15.3. The Balaban J connectivity index is 2.06. The molecule has 12 heteroatoms. The molecule has 0 aliphatic carbocycles. The fourth-order valence-corrected chi connectivity index (χ4v) is 5.23. The summed E-state index contributed by atoms with van der Waals surface area (Å²) in [4.78, 5) is 14.4. The van der Waals surface area contributed by atoms with Crippen molar-refractivity contribution >= 4 is 33.2 Å². The van der Waals surface area contributed by atoms with Crippen LogP contribution in [0.3, 0.4) is 0 Å². The van der Waals surface area contributed by atoms with Gasteiger partial charge in [0, 0.05) is 37.2 Å². The molecule has 170 valence electrons. The van der Waals surface area contributed by atoms with E-state index in [1.165, 1.54) is 11.8 Å². The van der Waals surface area contributed by atoms with Gasteiger partial charge in [0.25, 0.3) is 15.9 Å². The standard InChI is InChI=1S/C19H21ClF3N3O4S/c1-11-16(18(27)26-6-8-30-9-7-26)17(12(2)25(11)3)31(28,29)24-13-4-5-15(20)14(10-13)19(21,22)23/h4-5,10,24H,6-9H2,1-3H3. The lowest BCUT2D eigenvalue weighted by Crippen LogP contribution is -2.41. The van der Waals surface area contributed by atoms with Crippen LogP contribution in [0.5, 0.6) is 0 Å². The molecule has 1 aromatic heterocycles. The van der Waals surface area contributed by atoms with Crippen molar-refractivity contribution in [3.63, 3.8) is 0 Å². The van der Waals surface area contributed by atoms with Crippen molar-refractivity contribution in [1.82, 2.24) is 9.47 Å². The van der Waals surface area contributed by atoms with Crippen LogP contribution in [0.4, 0.5) is 18.9 Å². The summed E-state index contributed by atoms with van der Waals surface area (Å²) >= 11 is 5.61. The van der Waals surface area contributed by atoms with Gasteiger partial charge in [-0.25, -0.2) is 8.42 Å². The quantitative estimate of drug-likeness (QED) is 0.726. The fourth-order valence-electron chi connectivity index (χ4n) is 3.43. The number of nitrogens with one attached hydrogen (secondary N) is 1. The minimum absolute atomic E-state index is 0.0144. The molecule has 7 nitrogen and oxygen atoms in total. The van der Waals surface area contributed by atoms with Gasteiger partial charge in [-0.15, -0.1) is 0 Å². The molecule has 0 unspecified atom stereocenters. The largest absolute Gasteiger partial charge is 0.417 e. The molecule has 0 spiro atoms. The number of anilines is 1. The summed E-state index contributed by atoms with van der Waals surface area (Å²) in [5.41, 5.74) is -0.783. The van der Waals surface area contributed by atoms with Crippen molar-refractivity contribution in [3.8, 4) is 0 Å². The third-order valence-corrected chi connectivity index (χ3v) is 7.10. The lowest BCUT2D eigenvalue weighted by molar-refractivity contribution is -0.137. The van der Waals surface area contributed by atoms with E-state index in [9.17, 15) is 26.4 Å². The number of hydrogen-bond acceptors (Lipinski definition) is 4. The summed E-state index contributed by atoms with van der Waals surface area (Å²) in [6.45, 7) is 4.44. The first-order valence-corrected chi connectivity index (χ1v) is 11.1. The van der Waals surface area contributed by atoms with E-state index in [0.29, 0.717) is 38.1 Å². The van der Waals surface area contributed by atoms with Crippen LogP contribution in [-0.4, -0.2) is 50.1 Å². The van der Waals surface area contributed by atoms with Gasteiger partial charge in [0.15, 0.2) is 0 Å². The highest BCUT2D eigenvalue weighted by atomic mass is 35.5. The number of aromatic nitrogens is 1. The second-order valence-corrected chi connectivity index (χ2v) is 9.16. The lowest BCUT2D eigenvalue weighted by Gasteiger charge is -2.27. The van der Waals surface area contributed by atoms with Gasteiger partial charge in [-0.05, 0) is 32.0 Å². The van der Waals surface area contributed by atoms with Crippen molar-refractivity contribution in [1.29, 1.82) is 0 Å². The van der Waals surface area contributed by atoms with Crippen LogP contribution in [0, 0.1) is 13.8 Å². The average Bonchev–Trinajstić information content (AvgIpc) is 2.93. The van der Waals surface area contributed by atoms with Crippen LogP contribution in [0.15, 0.2) is 23.1 Å². The number of carbonyl (C=O) groups is 1. The SMILES string of the molecule is Cc1c(C(=O)N2CCOCC2)c(S(=O)(=O)Nc2ccc(Cl)c(C(F)(F)F)c2)c(C)n1C. The van der Waals surface area contributed by atoms with Crippen molar-refractivity contribution in [2.24, 2.45) is 7.05 Å². The van der Waals surface area contributed by atoms with Crippen molar-refractivity contribution < 1.29 is 31.1 Å². The summed E-state index contributed by atoms with van der Waals surface area (Å²) in [6.07, 6.45) is -4.75. The van der Waals surface area contributed by atoms with E-state index in [4.69, 9.17) is 16.3 Å². The van der Waals surface area contributed by atoms with E-state index < -0.39 is 32.7 Å². The molecule has 2 aromatic rings. The molecule has 3 rings (SSSR count). The molecule has 0 saturated carbocycles. The monoisotopic (exact) mass is 479 g/mol. The van der Waals surface area contributed by atoms with Crippen molar-refractivity contribution in [3.05, 3.63) is 45.7 Å². The minimum Gasteiger partial charge on any atom is -0.378 e. The van der Waals surface area contributed by atoms with E-state index in [1.54, 1.807) is 18.5 Å². The van der Waals surface area contributed by atoms with Gasteiger partial charge in [-0.2, -0.15) is 13.2 Å². The molecule has 1 fully saturated rings. The first-order chi connectivity index (χ1) is 14.3. The van der Waals surface area contributed by atoms with E-state index in [-0.39, 0.29) is 21.8 Å². The molecular formula is C19H21ClF3N3O4S. The molecule has 1 aromatic carbocycles. The molecule has 31 heavy (non-hydrogen) atoms. The Morgan fingerprint density at radius 3 is 2.35 bits per heavy atom. The first-order valence-electron chi connectivity index (χ1n) is 9.27. The molecular weight excluding hydrogens is 459 g/mol. The summed E-state index contributed by atoms with van der Waals surface area (Å²) in [5, 5.41) is -0.551. The Morgan fingerprint density at radius 1 is 1.16 bits per heavy atom. The zero-order valence-corrected chi connectivity index (χ0v) is 18.6. The molecule has 0 radical (unpaired) electrons. The van der Waals surface area contributed by atoms with Gasteiger partial charge < -0.3 is 14.2 Å². The molecule has 2 heterocycles. The molecule has 1 aliphatic rings. The predicted octanol–water partition coefficient (Wildman–Crippen LogP) is 3.59. The number of carbonyl (C=O) groups excluding carboxylic acids is 1. The summed E-state index contributed by atoms with van der Waals surface area (Å²) in [6, 6.07) is 2.71. The highest BCUT2D eigenvalue weighted by Crippen LogP contribution is 2.37. The van der Waals surface area contributed by atoms with E-state index in [2.05, 4.69) is 4.72 Å². The molecule has 1 amide bonds. The zero-order chi connectivity index (χ0) is 23.1. The first kappa shape index (κ1) is 23.4. The smallest absolute Gasteiger partial charge is 0.378 e. The van der Waals surface area contributed by atoms with E-state index >= 15 is 0 Å².